The van der Waals surface area contributed by atoms with E-state index in [4.69, 9.17) is 10.5 Å². The molecule has 136 valence electrons. The first kappa shape index (κ1) is 17.5. The molecule has 7 nitrogen and oxygen atoms in total. The normalized spacial score (nSPS) is 10.7. The number of amides is 2. The van der Waals surface area contributed by atoms with Crippen molar-refractivity contribution in [3.05, 3.63) is 47.5 Å². The molecule has 26 heavy (non-hydrogen) atoms. The van der Waals surface area contributed by atoms with Gasteiger partial charge in [0.1, 0.15) is 11.3 Å². The molecular weight excluding hydrogens is 344 g/mol. The number of nitrogens with zero attached hydrogens (tertiary/aromatic N) is 1. The number of nitrogens with one attached hydrogen (secondary N) is 3. The molecule has 0 aliphatic rings. The van der Waals surface area contributed by atoms with E-state index in [9.17, 15) is 13.6 Å². The number of fused-ring (bicyclic) bond motifs is 1. The highest BCUT2D eigenvalue weighted by Gasteiger charge is 2.19. The second kappa shape index (κ2) is 7.26. The molecule has 0 bridgehead atoms. The maximum Gasteiger partial charge on any atom is 0.319 e. The zero-order chi connectivity index (χ0) is 18.7. The third-order valence-electron chi connectivity index (χ3n) is 3.66. The first-order valence-electron chi connectivity index (χ1n) is 7.87. The largest absolute Gasteiger partial charge is 0.489 e. The van der Waals surface area contributed by atoms with Crippen LogP contribution in [0.5, 0.6) is 5.75 Å². The Kier molecular flexibility index (Phi) is 4.87. The Hall–Kier alpha value is -3.36. The molecule has 0 saturated carbocycles. The molecule has 0 saturated heterocycles. The lowest BCUT2D eigenvalue weighted by atomic mass is 10.2. The van der Waals surface area contributed by atoms with Gasteiger partial charge in [-0.25, -0.2) is 13.6 Å². The van der Waals surface area contributed by atoms with Crippen LogP contribution in [0.25, 0.3) is 10.9 Å². The second-order valence-electron chi connectivity index (χ2n) is 5.47. The number of halogens is 2. The van der Waals surface area contributed by atoms with Crippen LogP contribution in [0.1, 0.15) is 12.5 Å². The first-order valence-corrected chi connectivity index (χ1v) is 7.87. The van der Waals surface area contributed by atoms with Gasteiger partial charge in [0.2, 0.25) is 0 Å². The molecule has 0 unspecified atom stereocenters. The summed E-state index contributed by atoms with van der Waals surface area (Å²) in [6, 6.07) is 6.71. The molecule has 9 heteroatoms. The molecule has 0 radical (unpaired) electrons. The third-order valence-corrected chi connectivity index (χ3v) is 3.66. The van der Waals surface area contributed by atoms with E-state index in [1.165, 1.54) is 18.2 Å². The Balaban J connectivity index is 1.81. The van der Waals surface area contributed by atoms with E-state index in [-0.39, 0.29) is 35.9 Å². The topological polar surface area (TPSA) is 105 Å². The first-order chi connectivity index (χ1) is 12.5. The molecule has 0 spiro atoms. The van der Waals surface area contributed by atoms with Crippen molar-refractivity contribution in [2.24, 2.45) is 0 Å². The minimum absolute atomic E-state index is 0.0941. The van der Waals surface area contributed by atoms with E-state index in [0.29, 0.717) is 10.9 Å². The summed E-state index contributed by atoms with van der Waals surface area (Å²) in [4.78, 5) is 12.1. The Bertz CT molecular complexity index is 958. The number of ether oxygens (including phenoxy) is 1. The summed E-state index contributed by atoms with van der Waals surface area (Å²) in [6.45, 7) is 2.00. The van der Waals surface area contributed by atoms with E-state index in [1.807, 2.05) is 0 Å². The maximum atomic E-state index is 14.6. The van der Waals surface area contributed by atoms with Gasteiger partial charge in [-0.2, -0.15) is 5.10 Å². The van der Waals surface area contributed by atoms with Crippen LogP contribution in [-0.2, 0) is 6.54 Å². The average Bonchev–Trinajstić information content (AvgIpc) is 2.98. The lowest BCUT2D eigenvalue weighted by Crippen LogP contribution is -2.28. The van der Waals surface area contributed by atoms with E-state index in [0.717, 1.165) is 0 Å². The van der Waals surface area contributed by atoms with Crippen molar-refractivity contribution < 1.29 is 18.3 Å². The number of nitrogens with two attached hydrogens (primary N) is 1. The Labute approximate surface area is 147 Å². The van der Waals surface area contributed by atoms with Crippen LogP contribution in [0.3, 0.4) is 0 Å². The molecule has 1 heterocycles. The van der Waals surface area contributed by atoms with E-state index < -0.39 is 17.7 Å². The Morgan fingerprint density at radius 2 is 2.15 bits per heavy atom. The number of aromatic nitrogens is 2. The van der Waals surface area contributed by atoms with Gasteiger partial charge in [0, 0.05) is 11.9 Å². The monoisotopic (exact) mass is 361 g/mol. The Morgan fingerprint density at radius 1 is 1.35 bits per heavy atom. The summed E-state index contributed by atoms with van der Waals surface area (Å²) in [5, 5.41) is 11.7. The van der Waals surface area contributed by atoms with Gasteiger partial charge in [0.15, 0.2) is 17.4 Å². The van der Waals surface area contributed by atoms with Gasteiger partial charge in [0.05, 0.1) is 12.3 Å². The molecular formula is C17H17F2N5O2. The van der Waals surface area contributed by atoms with Gasteiger partial charge in [-0.1, -0.05) is 12.1 Å². The predicted molar refractivity (Wildman–Crippen MR) is 93.9 cm³/mol. The fourth-order valence-electron chi connectivity index (χ4n) is 2.49. The quantitative estimate of drug-likeness (QED) is 0.560. The van der Waals surface area contributed by atoms with Gasteiger partial charge in [-0.3, -0.25) is 5.10 Å². The van der Waals surface area contributed by atoms with Crippen molar-refractivity contribution >= 4 is 28.4 Å². The number of anilines is 2. The van der Waals surface area contributed by atoms with Crippen molar-refractivity contribution in [3.8, 4) is 5.75 Å². The van der Waals surface area contributed by atoms with Gasteiger partial charge in [-0.15, -0.1) is 0 Å². The molecule has 2 aromatic carbocycles. The average molecular weight is 361 g/mol. The second-order valence-corrected chi connectivity index (χ2v) is 5.47. The number of aromatic amines is 1. The van der Waals surface area contributed by atoms with Crippen molar-refractivity contribution in [2.75, 3.05) is 17.7 Å². The van der Waals surface area contributed by atoms with Gasteiger partial charge >= 0.3 is 6.03 Å². The van der Waals surface area contributed by atoms with Crippen LogP contribution in [0.2, 0.25) is 0 Å². The summed E-state index contributed by atoms with van der Waals surface area (Å²) in [5.74, 6) is -1.12. The van der Waals surface area contributed by atoms with Gasteiger partial charge < -0.3 is 21.1 Å². The van der Waals surface area contributed by atoms with Gasteiger partial charge in [-0.05, 0) is 30.7 Å². The zero-order valence-electron chi connectivity index (χ0n) is 13.9. The zero-order valence-corrected chi connectivity index (χ0v) is 13.9. The Morgan fingerprint density at radius 3 is 2.88 bits per heavy atom. The summed E-state index contributed by atoms with van der Waals surface area (Å²) in [7, 11) is 0. The number of hydrogen-bond donors (Lipinski definition) is 4. The molecule has 0 aliphatic carbocycles. The number of urea groups is 1. The number of H-pyrrole nitrogens is 1. The fourth-order valence-corrected chi connectivity index (χ4v) is 2.49. The van der Waals surface area contributed by atoms with Crippen LogP contribution in [0.4, 0.5) is 25.1 Å². The SMILES string of the molecule is CCOc1c(NC(=O)NCc2cccc(F)c2)cc2c(N)n[nH]c2c1F. The molecule has 3 aromatic rings. The van der Waals surface area contributed by atoms with Crippen LogP contribution >= 0.6 is 0 Å². The molecule has 0 aliphatic heterocycles. The smallest absolute Gasteiger partial charge is 0.319 e. The highest BCUT2D eigenvalue weighted by molar-refractivity contribution is 5.98. The number of carbonyl (C=O) groups is 1. The summed E-state index contributed by atoms with van der Waals surface area (Å²) < 4.78 is 33.1. The van der Waals surface area contributed by atoms with Crippen molar-refractivity contribution in [1.82, 2.24) is 15.5 Å². The summed E-state index contributed by atoms with van der Waals surface area (Å²) in [5.41, 5.74) is 6.50. The number of rotatable bonds is 5. The summed E-state index contributed by atoms with van der Waals surface area (Å²) >= 11 is 0. The number of nitrogen functional groups attached to an aromatic ring is 1. The minimum Gasteiger partial charge on any atom is -0.489 e. The van der Waals surface area contributed by atoms with Crippen molar-refractivity contribution in [3.63, 3.8) is 0 Å². The highest BCUT2D eigenvalue weighted by atomic mass is 19.1. The maximum absolute atomic E-state index is 14.6. The predicted octanol–water partition coefficient (Wildman–Crippen LogP) is 3.14. The van der Waals surface area contributed by atoms with Crippen LogP contribution in [-0.4, -0.2) is 22.8 Å². The number of benzene rings is 2. The highest BCUT2D eigenvalue weighted by Crippen LogP contribution is 2.35. The standard InChI is InChI=1S/C17H17F2N5O2/c1-2-26-15-12(7-11-14(13(15)19)23-24-16(11)20)22-17(25)21-8-9-4-3-5-10(18)6-9/h3-7H,2,8H2,1H3,(H3,20,23,24)(H2,21,22,25). The molecule has 1 aromatic heterocycles. The van der Waals surface area contributed by atoms with Crippen molar-refractivity contribution in [1.29, 1.82) is 0 Å². The molecule has 3 rings (SSSR count). The van der Waals surface area contributed by atoms with E-state index in [1.54, 1.807) is 19.1 Å². The van der Waals surface area contributed by atoms with Gasteiger partial charge in [0.25, 0.3) is 0 Å². The molecule has 2 amide bonds. The lowest BCUT2D eigenvalue weighted by Gasteiger charge is -2.14. The molecule has 0 fully saturated rings. The number of carbonyl (C=O) groups excluding carboxylic acids is 1. The van der Waals surface area contributed by atoms with Crippen LogP contribution in [0, 0.1) is 11.6 Å². The van der Waals surface area contributed by atoms with Crippen molar-refractivity contribution in [2.45, 2.75) is 13.5 Å². The fraction of sp³-hybridized carbons (Fsp3) is 0.176. The minimum atomic E-state index is -0.700. The summed E-state index contributed by atoms with van der Waals surface area (Å²) in [6.07, 6.45) is 0. The van der Waals surface area contributed by atoms with Crippen LogP contribution < -0.4 is 21.1 Å². The lowest BCUT2D eigenvalue weighted by molar-refractivity contribution is 0.251. The van der Waals surface area contributed by atoms with E-state index >= 15 is 0 Å². The van der Waals surface area contributed by atoms with Crippen LogP contribution in [0.15, 0.2) is 30.3 Å². The molecule has 0 atom stereocenters. The van der Waals surface area contributed by atoms with E-state index in [2.05, 4.69) is 20.8 Å². The third kappa shape index (κ3) is 3.51. The number of hydrogen-bond acceptors (Lipinski definition) is 4. The molecule has 5 N–H and O–H groups in total.